The van der Waals surface area contributed by atoms with E-state index in [2.05, 4.69) is 33.8 Å². The molecule has 5 rings (SSSR count). The van der Waals surface area contributed by atoms with Crippen molar-refractivity contribution in [3.05, 3.63) is 96.6 Å². The third-order valence-electron chi connectivity index (χ3n) is 6.14. The number of hydrogen-bond donors (Lipinski definition) is 2. The predicted octanol–water partition coefficient (Wildman–Crippen LogP) is 5.33. The van der Waals surface area contributed by atoms with Crippen LogP contribution in [0.5, 0.6) is 0 Å². The Morgan fingerprint density at radius 3 is 2.61 bits per heavy atom. The third-order valence-corrected chi connectivity index (χ3v) is 7.16. The van der Waals surface area contributed by atoms with Crippen molar-refractivity contribution in [1.82, 2.24) is 25.1 Å². The summed E-state index contributed by atoms with van der Waals surface area (Å²) in [4.78, 5) is 33.4. The van der Waals surface area contributed by atoms with Crippen molar-refractivity contribution < 1.29 is 9.59 Å². The molecule has 0 spiro atoms. The summed E-state index contributed by atoms with van der Waals surface area (Å²) in [6.07, 6.45) is 8.38. The van der Waals surface area contributed by atoms with Crippen LogP contribution in [-0.4, -0.2) is 31.6 Å². The van der Waals surface area contributed by atoms with Crippen molar-refractivity contribution in [3.63, 3.8) is 0 Å². The molecule has 3 aromatic heterocycles. The molecule has 0 aliphatic heterocycles. The maximum absolute atomic E-state index is 11.8. The summed E-state index contributed by atoms with van der Waals surface area (Å²) in [5.41, 5.74) is 7.81. The molecule has 38 heavy (non-hydrogen) atoms. The second-order valence-corrected chi connectivity index (χ2v) is 9.77. The summed E-state index contributed by atoms with van der Waals surface area (Å²) in [7, 11) is 0. The molecule has 1 aromatic carbocycles. The average molecular weight is 523 g/mol. The fourth-order valence-electron chi connectivity index (χ4n) is 4.60. The Hall–Kier alpha value is -4.63. The summed E-state index contributed by atoms with van der Waals surface area (Å²) < 4.78 is 1.93. The summed E-state index contributed by atoms with van der Waals surface area (Å²) >= 11 is 1.45. The molecular formula is C29H26N6O2S. The number of thiazole rings is 1. The number of fused-ring (bicyclic) bond motifs is 3. The van der Waals surface area contributed by atoms with Crippen LogP contribution >= 0.6 is 11.3 Å². The molecule has 2 N–H and O–H groups in total. The highest BCUT2D eigenvalue weighted by molar-refractivity contribution is 7.19. The largest absolute Gasteiger partial charge is 0.326 e. The quantitative estimate of drug-likeness (QED) is 0.319. The fraction of sp³-hybridized carbons (Fsp3) is 0.138. The molecule has 9 heteroatoms. The first kappa shape index (κ1) is 25.0. The van der Waals surface area contributed by atoms with Crippen LogP contribution < -0.4 is 10.6 Å². The van der Waals surface area contributed by atoms with Crippen LogP contribution in [-0.2, 0) is 22.4 Å². The van der Waals surface area contributed by atoms with E-state index in [1.165, 1.54) is 25.2 Å². The molecule has 0 unspecified atom stereocenters. The Morgan fingerprint density at radius 1 is 1.08 bits per heavy atom. The van der Waals surface area contributed by atoms with Crippen LogP contribution in [0.1, 0.15) is 30.7 Å². The van der Waals surface area contributed by atoms with Crippen molar-refractivity contribution >= 4 is 33.9 Å². The Balaban J connectivity index is 1.72. The number of benzene rings is 1. The van der Waals surface area contributed by atoms with Gasteiger partial charge in [0.25, 0.3) is 0 Å². The number of pyridine rings is 1. The normalized spacial score (nSPS) is 12.6. The lowest BCUT2D eigenvalue weighted by atomic mass is 9.95. The summed E-state index contributed by atoms with van der Waals surface area (Å²) in [6.45, 7) is 10.7. The lowest BCUT2D eigenvalue weighted by Gasteiger charge is -2.15. The Morgan fingerprint density at radius 2 is 1.92 bits per heavy atom. The minimum absolute atomic E-state index is 0.158. The van der Waals surface area contributed by atoms with Crippen LogP contribution in [0.15, 0.2) is 79.8 Å². The number of carbonyl (C=O) groups excluding carboxylic acids is 2. The molecule has 0 atom stereocenters. The Bertz CT molecular complexity index is 1610. The highest BCUT2D eigenvalue weighted by atomic mass is 32.1. The van der Waals surface area contributed by atoms with Crippen LogP contribution in [0, 0.1) is 0 Å². The van der Waals surface area contributed by atoms with Gasteiger partial charge in [0, 0.05) is 48.6 Å². The standard InChI is InChI=1S/C29H26N6O2S/c1-5-22(24(6-2)31-17(3)36)19-9-7-11-21(15-19)35-27-23(26(34-35)20-10-8-14-30-16-20)12-13-25-28(27)38-29(33-25)32-18(4)37/h5-11,14-16H,1-2,12-13H2,3-4H3,(H,31,36)(H,32,33,37)/b24-22-. The lowest BCUT2D eigenvalue weighted by Crippen LogP contribution is -2.19. The molecule has 0 bridgehead atoms. The van der Waals surface area contributed by atoms with Gasteiger partial charge >= 0.3 is 0 Å². The lowest BCUT2D eigenvalue weighted by molar-refractivity contribution is -0.118. The zero-order valence-electron chi connectivity index (χ0n) is 21.1. The van der Waals surface area contributed by atoms with Crippen molar-refractivity contribution in [1.29, 1.82) is 0 Å². The van der Waals surface area contributed by atoms with Gasteiger partial charge in [-0.05, 0) is 48.7 Å². The topological polar surface area (TPSA) is 102 Å². The number of nitrogens with one attached hydrogen (secondary N) is 2. The van der Waals surface area contributed by atoms with Gasteiger partial charge in [0.15, 0.2) is 5.13 Å². The molecule has 8 nitrogen and oxygen atoms in total. The number of rotatable bonds is 7. The number of aromatic nitrogens is 4. The second kappa shape index (κ2) is 10.4. The summed E-state index contributed by atoms with van der Waals surface area (Å²) in [6, 6.07) is 11.8. The number of amides is 2. The fourth-order valence-corrected chi connectivity index (χ4v) is 5.72. The van der Waals surface area contributed by atoms with Gasteiger partial charge in [0.1, 0.15) is 0 Å². The van der Waals surface area contributed by atoms with Gasteiger partial charge in [-0.3, -0.25) is 14.6 Å². The predicted molar refractivity (Wildman–Crippen MR) is 151 cm³/mol. The zero-order chi connectivity index (χ0) is 26.8. The van der Waals surface area contributed by atoms with Gasteiger partial charge in [-0.1, -0.05) is 42.7 Å². The van der Waals surface area contributed by atoms with Gasteiger partial charge in [0.2, 0.25) is 11.8 Å². The van der Waals surface area contributed by atoms with E-state index in [-0.39, 0.29) is 11.8 Å². The molecule has 0 saturated heterocycles. The molecule has 0 saturated carbocycles. The smallest absolute Gasteiger partial charge is 0.223 e. The monoisotopic (exact) mass is 522 g/mol. The first-order valence-corrected chi connectivity index (χ1v) is 12.9. The zero-order valence-corrected chi connectivity index (χ0v) is 21.9. The van der Waals surface area contributed by atoms with Crippen molar-refractivity contribution in [2.75, 3.05) is 5.32 Å². The molecule has 190 valence electrons. The number of anilines is 1. The Kier molecular flexibility index (Phi) is 6.85. The van der Waals surface area contributed by atoms with E-state index >= 15 is 0 Å². The van der Waals surface area contributed by atoms with Crippen LogP contribution in [0.2, 0.25) is 0 Å². The summed E-state index contributed by atoms with van der Waals surface area (Å²) in [5, 5.41) is 11.3. The van der Waals surface area contributed by atoms with Gasteiger partial charge in [-0.25, -0.2) is 9.67 Å². The maximum atomic E-state index is 11.8. The third kappa shape index (κ3) is 4.71. The number of nitrogens with zero attached hydrogens (tertiary/aromatic N) is 4. The molecule has 0 fully saturated rings. The highest BCUT2D eigenvalue weighted by Gasteiger charge is 2.30. The van der Waals surface area contributed by atoms with Gasteiger partial charge in [-0.15, -0.1) is 0 Å². The first-order valence-electron chi connectivity index (χ1n) is 12.1. The van der Waals surface area contributed by atoms with E-state index in [0.29, 0.717) is 10.8 Å². The van der Waals surface area contributed by atoms with E-state index in [0.717, 1.165) is 62.8 Å². The van der Waals surface area contributed by atoms with Crippen LogP contribution in [0.4, 0.5) is 5.13 Å². The molecule has 4 aromatic rings. The second-order valence-electron chi connectivity index (χ2n) is 8.77. The minimum Gasteiger partial charge on any atom is -0.326 e. The number of aryl methyl sites for hydroxylation is 1. The van der Waals surface area contributed by atoms with E-state index in [4.69, 9.17) is 5.10 Å². The first-order chi connectivity index (χ1) is 18.4. The summed E-state index contributed by atoms with van der Waals surface area (Å²) in [5.74, 6) is -0.347. The molecular weight excluding hydrogens is 496 g/mol. The van der Waals surface area contributed by atoms with E-state index < -0.39 is 0 Å². The van der Waals surface area contributed by atoms with E-state index in [9.17, 15) is 9.59 Å². The van der Waals surface area contributed by atoms with Crippen molar-refractivity contribution in [2.24, 2.45) is 0 Å². The maximum Gasteiger partial charge on any atom is 0.223 e. The van der Waals surface area contributed by atoms with Crippen molar-refractivity contribution in [2.45, 2.75) is 26.7 Å². The minimum atomic E-state index is -0.189. The molecule has 3 heterocycles. The molecule has 1 aliphatic rings. The van der Waals surface area contributed by atoms with Crippen molar-refractivity contribution in [3.8, 4) is 27.5 Å². The van der Waals surface area contributed by atoms with Gasteiger partial charge in [0.05, 0.1) is 27.6 Å². The van der Waals surface area contributed by atoms with Crippen LogP contribution in [0.25, 0.3) is 33.1 Å². The van der Waals surface area contributed by atoms with Crippen LogP contribution in [0.3, 0.4) is 0 Å². The van der Waals surface area contributed by atoms with E-state index in [1.807, 2.05) is 47.3 Å². The average Bonchev–Trinajstić information content (AvgIpc) is 3.49. The molecule has 0 radical (unpaired) electrons. The Labute approximate surface area is 224 Å². The molecule has 1 aliphatic carbocycles. The number of hydrogen-bond acceptors (Lipinski definition) is 6. The number of allylic oxidation sites excluding steroid dienone is 3. The number of carbonyl (C=O) groups is 2. The molecule has 2 amide bonds. The highest BCUT2D eigenvalue weighted by Crippen LogP contribution is 2.44. The van der Waals surface area contributed by atoms with Gasteiger partial charge < -0.3 is 10.6 Å². The van der Waals surface area contributed by atoms with Gasteiger partial charge in [-0.2, -0.15) is 5.10 Å². The van der Waals surface area contributed by atoms with E-state index in [1.54, 1.807) is 18.3 Å². The SMILES string of the molecule is C=C/C(NC(C)=O)=C(\C=C)c1cccc(-n2nc(-c3cccnc3)c3c2-c2sc(NC(C)=O)nc2CC3)c1.